The molecular formula is C20H27N5O3Si. The van der Waals surface area contributed by atoms with Crippen molar-refractivity contribution in [1.82, 2.24) is 9.55 Å². The van der Waals surface area contributed by atoms with Crippen molar-refractivity contribution < 1.29 is 14.3 Å². The lowest BCUT2D eigenvalue weighted by Crippen LogP contribution is -2.23. The van der Waals surface area contributed by atoms with Crippen LogP contribution in [0.15, 0.2) is 30.5 Å². The molecule has 0 fully saturated rings. The van der Waals surface area contributed by atoms with Crippen LogP contribution in [0.4, 0.5) is 5.69 Å². The molecule has 0 atom stereocenters. The predicted molar refractivity (Wildman–Crippen MR) is 113 cm³/mol. The van der Waals surface area contributed by atoms with Crippen LogP contribution in [-0.4, -0.2) is 36.0 Å². The van der Waals surface area contributed by atoms with Gasteiger partial charge in [-0.2, -0.15) is 5.26 Å². The topological polar surface area (TPSA) is 123 Å². The number of imidazole rings is 1. The van der Waals surface area contributed by atoms with Gasteiger partial charge < -0.3 is 20.4 Å². The van der Waals surface area contributed by atoms with Gasteiger partial charge in [-0.15, -0.1) is 0 Å². The standard InChI is InChI=1S/C20H27N5O3Si/c1-29(2,3)11-10-28-14-25-13-17(12-21)23-19(25)20(27)24-16-7-4-15(5-8-16)6-9-18(22)26/h4-5,7-8,13H,6,9-11,14H2,1-3H3,(H2,22,26)(H,24,27). The third-order valence-corrected chi connectivity index (χ3v) is 5.90. The van der Waals surface area contributed by atoms with Crippen LogP contribution in [0.3, 0.4) is 0 Å². The van der Waals surface area contributed by atoms with E-state index in [1.54, 1.807) is 16.7 Å². The molecular weight excluding hydrogens is 386 g/mol. The SMILES string of the molecule is C[Si](C)(C)CCOCn1cc(C#N)nc1C(=O)Nc1ccc(CCC(N)=O)cc1. The van der Waals surface area contributed by atoms with E-state index in [2.05, 4.69) is 29.9 Å². The average Bonchev–Trinajstić information content (AvgIpc) is 3.07. The number of ether oxygens (including phenoxy) is 1. The van der Waals surface area contributed by atoms with Crippen LogP contribution in [0.5, 0.6) is 0 Å². The van der Waals surface area contributed by atoms with Crippen LogP contribution in [0.2, 0.25) is 25.7 Å². The maximum absolute atomic E-state index is 12.6. The summed E-state index contributed by atoms with van der Waals surface area (Å²) in [6.07, 6.45) is 2.34. The van der Waals surface area contributed by atoms with E-state index in [4.69, 9.17) is 15.7 Å². The Kier molecular flexibility index (Phi) is 7.70. The number of benzene rings is 1. The van der Waals surface area contributed by atoms with E-state index in [9.17, 15) is 9.59 Å². The van der Waals surface area contributed by atoms with Crippen molar-refractivity contribution in [3.8, 4) is 6.07 Å². The van der Waals surface area contributed by atoms with Gasteiger partial charge >= 0.3 is 0 Å². The fraction of sp³-hybridized carbons (Fsp3) is 0.400. The molecule has 0 aliphatic carbocycles. The zero-order chi connectivity index (χ0) is 21.4. The maximum atomic E-state index is 12.6. The number of carbonyl (C=O) groups excluding carboxylic acids is 2. The van der Waals surface area contributed by atoms with Crippen molar-refractivity contribution in [2.45, 2.75) is 45.3 Å². The molecule has 154 valence electrons. The van der Waals surface area contributed by atoms with Gasteiger partial charge in [0.15, 0.2) is 5.69 Å². The summed E-state index contributed by atoms with van der Waals surface area (Å²) in [7, 11) is -1.21. The molecule has 9 heteroatoms. The van der Waals surface area contributed by atoms with Crippen molar-refractivity contribution >= 4 is 25.6 Å². The molecule has 0 radical (unpaired) electrons. The summed E-state index contributed by atoms with van der Waals surface area (Å²) in [6.45, 7) is 7.55. The van der Waals surface area contributed by atoms with Gasteiger partial charge in [0.25, 0.3) is 5.91 Å². The highest BCUT2D eigenvalue weighted by Crippen LogP contribution is 2.14. The summed E-state index contributed by atoms with van der Waals surface area (Å²) in [5.74, 6) is -0.660. The number of primary amides is 1. The molecule has 0 bridgehead atoms. The second kappa shape index (κ2) is 10.00. The number of nitrogens with one attached hydrogen (secondary N) is 1. The second-order valence-electron chi connectivity index (χ2n) is 8.00. The Morgan fingerprint density at radius 3 is 2.55 bits per heavy atom. The molecule has 3 N–H and O–H groups in total. The Hall–Kier alpha value is -2.96. The zero-order valence-corrected chi connectivity index (χ0v) is 18.1. The van der Waals surface area contributed by atoms with Gasteiger partial charge in [0.1, 0.15) is 12.8 Å². The van der Waals surface area contributed by atoms with Crippen LogP contribution in [0.25, 0.3) is 0 Å². The highest BCUT2D eigenvalue weighted by molar-refractivity contribution is 6.76. The molecule has 0 aliphatic heterocycles. The third kappa shape index (κ3) is 7.52. The van der Waals surface area contributed by atoms with Gasteiger partial charge in [-0.1, -0.05) is 31.8 Å². The average molecular weight is 414 g/mol. The third-order valence-electron chi connectivity index (χ3n) is 4.19. The Bertz CT molecular complexity index is 894. The van der Waals surface area contributed by atoms with Crippen molar-refractivity contribution in [2.75, 3.05) is 11.9 Å². The highest BCUT2D eigenvalue weighted by atomic mass is 28.3. The lowest BCUT2D eigenvalue weighted by molar-refractivity contribution is -0.117. The van der Waals surface area contributed by atoms with E-state index in [0.29, 0.717) is 18.7 Å². The molecule has 1 aromatic carbocycles. The lowest BCUT2D eigenvalue weighted by atomic mass is 10.1. The highest BCUT2D eigenvalue weighted by Gasteiger charge is 2.17. The summed E-state index contributed by atoms with van der Waals surface area (Å²) in [6, 6.07) is 10.1. The first kappa shape index (κ1) is 22.3. The number of nitrogens with zero attached hydrogens (tertiary/aromatic N) is 3. The molecule has 2 aromatic rings. The summed E-state index contributed by atoms with van der Waals surface area (Å²) in [5.41, 5.74) is 6.85. The molecule has 1 aromatic heterocycles. The number of amides is 2. The fourth-order valence-corrected chi connectivity index (χ4v) is 3.26. The van der Waals surface area contributed by atoms with E-state index in [-0.39, 0.29) is 30.6 Å². The Labute approximate surface area is 171 Å². The number of nitriles is 1. The molecule has 1 heterocycles. The number of anilines is 1. The van der Waals surface area contributed by atoms with Gasteiger partial charge in [-0.3, -0.25) is 9.59 Å². The number of rotatable bonds is 10. The van der Waals surface area contributed by atoms with Crippen molar-refractivity contribution in [2.24, 2.45) is 5.73 Å². The van der Waals surface area contributed by atoms with E-state index < -0.39 is 14.0 Å². The van der Waals surface area contributed by atoms with Crippen LogP contribution in [0.1, 0.15) is 28.3 Å². The molecule has 29 heavy (non-hydrogen) atoms. The molecule has 0 saturated carbocycles. The Morgan fingerprint density at radius 2 is 1.97 bits per heavy atom. The quantitative estimate of drug-likeness (QED) is 0.458. The van der Waals surface area contributed by atoms with Gasteiger partial charge in [0.2, 0.25) is 11.7 Å². The second-order valence-corrected chi connectivity index (χ2v) is 13.6. The van der Waals surface area contributed by atoms with Crippen LogP contribution < -0.4 is 11.1 Å². The van der Waals surface area contributed by atoms with E-state index in [1.807, 2.05) is 18.2 Å². The number of aryl methyl sites for hydroxylation is 1. The molecule has 2 rings (SSSR count). The van der Waals surface area contributed by atoms with Crippen LogP contribution in [-0.2, 0) is 22.7 Å². The van der Waals surface area contributed by atoms with Gasteiger partial charge in [-0.25, -0.2) is 4.98 Å². The first-order valence-electron chi connectivity index (χ1n) is 9.41. The monoisotopic (exact) mass is 413 g/mol. The summed E-state index contributed by atoms with van der Waals surface area (Å²) < 4.78 is 7.23. The molecule has 0 aliphatic rings. The van der Waals surface area contributed by atoms with Crippen LogP contribution >= 0.6 is 0 Å². The zero-order valence-electron chi connectivity index (χ0n) is 17.1. The molecule has 0 spiro atoms. The molecule has 2 amide bonds. The largest absolute Gasteiger partial charge is 0.370 e. The van der Waals surface area contributed by atoms with Crippen LogP contribution in [0, 0.1) is 11.3 Å². The smallest absolute Gasteiger partial charge is 0.291 e. The first-order valence-corrected chi connectivity index (χ1v) is 13.1. The number of hydrogen-bond acceptors (Lipinski definition) is 5. The Balaban J connectivity index is 2.01. The summed E-state index contributed by atoms with van der Waals surface area (Å²) in [4.78, 5) is 27.6. The predicted octanol–water partition coefficient (Wildman–Crippen LogP) is 2.74. The number of hydrogen-bond donors (Lipinski definition) is 2. The fourth-order valence-electron chi connectivity index (χ4n) is 2.50. The van der Waals surface area contributed by atoms with Crippen molar-refractivity contribution in [1.29, 1.82) is 5.26 Å². The number of nitrogens with two attached hydrogens (primary N) is 1. The lowest BCUT2D eigenvalue weighted by Gasteiger charge is -2.16. The van der Waals surface area contributed by atoms with Gasteiger partial charge in [0.05, 0.1) is 0 Å². The molecule has 0 unspecified atom stereocenters. The molecule has 0 saturated heterocycles. The van der Waals surface area contributed by atoms with Gasteiger partial charge in [-0.05, 0) is 30.2 Å². The van der Waals surface area contributed by atoms with Crippen molar-refractivity contribution in [3.05, 3.63) is 47.5 Å². The minimum atomic E-state index is -1.21. The van der Waals surface area contributed by atoms with Crippen molar-refractivity contribution in [3.63, 3.8) is 0 Å². The maximum Gasteiger partial charge on any atom is 0.291 e. The molecule has 8 nitrogen and oxygen atoms in total. The van der Waals surface area contributed by atoms with Gasteiger partial charge in [0, 0.05) is 33.0 Å². The summed E-state index contributed by atoms with van der Waals surface area (Å²) in [5, 5.41) is 11.9. The first-order chi connectivity index (χ1) is 13.7. The van der Waals surface area contributed by atoms with E-state index in [1.165, 1.54) is 6.20 Å². The minimum absolute atomic E-state index is 0.118. The Morgan fingerprint density at radius 1 is 1.28 bits per heavy atom. The number of carbonyl (C=O) groups is 2. The normalized spacial score (nSPS) is 11.1. The van der Waals surface area contributed by atoms with E-state index in [0.717, 1.165) is 11.6 Å². The minimum Gasteiger partial charge on any atom is -0.370 e. The number of aromatic nitrogens is 2. The summed E-state index contributed by atoms with van der Waals surface area (Å²) >= 11 is 0. The van der Waals surface area contributed by atoms with E-state index >= 15 is 0 Å².